The molecule has 1 radical (unpaired) electrons. The van der Waals surface area contributed by atoms with Crippen LogP contribution in [0.25, 0.3) is 0 Å². The molecular weight excluding hydrogens is 190 g/mol. The fourth-order valence-electron chi connectivity index (χ4n) is 0.677. The molecule has 0 saturated heterocycles. The van der Waals surface area contributed by atoms with Crippen LogP contribution in [0.4, 0.5) is 0 Å². The maximum Gasteiger partial charge on any atom is 0.358 e. The average molecular weight is 200 g/mol. The van der Waals surface area contributed by atoms with E-state index in [0.717, 1.165) is 17.8 Å². The Morgan fingerprint density at radius 3 is 2.92 bits per heavy atom. The zero-order valence-corrected chi connectivity index (χ0v) is 8.26. The Hall–Kier alpha value is -1.10. The van der Waals surface area contributed by atoms with Gasteiger partial charge < -0.3 is 4.74 Å². The van der Waals surface area contributed by atoms with Gasteiger partial charge in [0.25, 0.3) is 0 Å². The first kappa shape index (κ1) is 9.98. The Balaban J connectivity index is 2.58. The number of thiazole rings is 1. The third-order valence-corrected chi connectivity index (χ3v) is 2.21. The van der Waals surface area contributed by atoms with Gasteiger partial charge in [0.1, 0.15) is 0 Å². The van der Waals surface area contributed by atoms with Crippen LogP contribution in [0.5, 0.6) is 5.19 Å². The van der Waals surface area contributed by atoms with Gasteiger partial charge >= 0.3 is 11.2 Å². The highest BCUT2D eigenvalue weighted by Crippen LogP contribution is 2.17. The molecule has 0 aliphatic heterocycles. The summed E-state index contributed by atoms with van der Waals surface area (Å²) in [5, 5.41) is 11.7. The van der Waals surface area contributed by atoms with E-state index in [1.807, 2.05) is 6.92 Å². The maximum atomic E-state index is 11.2. The summed E-state index contributed by atoms with van der Waals surface area (Å²) in [7, 11) is 0. The largest absolute Gasteiger partial charge is 0.458 e. The molecule has 0 bridgehead atoms. The molecule has 0 spiro atoms. The summed E-state index contributed by atoms with van der Waals surface area (Å²) in [6, 6.07) is 0. The first-order chi connectivity index (χ1) is 6.13. The van der Waals surface area contributed by atoms with E-state index in [2.05, 4.69) is 4.98 Å². The number of hydrogen-bond donors (Lipinski definition) is 0. The van der Waals surface area contributed by atoms with Gasteiger partial charge in [0, 0.05) is 5.38 Å². The van der Waals surface area contributed by atoms with Crippen molar-refractivity contribution in [3.63, 3.8) is 0 Å². The highest BCUT2D eigenvalue weighted by Gasteiger charge is 2.14. The predicted octanol–water partition coefficient (Wildman–Crippen LogP) is 2.24. The lowest BCUT2D eigenvalue weighted by atomic mass is 10.3. The molecule has 4 nitrogen and oxygen atoms in total. The molecule has 0 N–H and O–H groups in total. The molecule has 1 heterocycles. The molecule has 0 aromatic carbocycles. The smallest absolute Gasteiger partial charge is 0.358 e. The van der Waals surface area contributed by atoms with Crippen LogP contribution in [0.3, 0.4) is 0 Å². The first-order valence-electron chi connectivity index (χ1n) is 3.97. The maximum absolute atomic E-state index is 11.2. The summed E-state index contributed by atoms with van der Waals surface area (Å²) in [5.74, 6) is -0.521. The van der Waals surface area contributed by atoms with E-state index in [-0.39, 0.29) is 17.0 Å². The molecule has 13 heavy (non-hydrogen) atoms. The minimum Gasteiger partial charge on any atom is -0.458 e. The van der Waals surface area contributed by atoms with E-state index in [1.54, 1.807) is 6.92 Å². The van der Waals surface area contributed by atoms with Gasteiger partial charge in [-0.1, -0.05) is 18.3 Å². The third kappa shape index (κ3) is 2.69. The molecule has 0 aliphatic rings. The molecule has 71 valence electrons. The Labute approximate surface area is 80.2 Å². The van der Waals surface area contributed by atoms with Gasteiger partial charge in [-0.2, -0.15) is 4.98 Å². The molecule has 1 rings (SSSR count). The topological polar surface area (TPSA) is 59.1 Å². The summed E-state index contributed by atoms with van der Waals surface area (Å²) in [5.41, 5.74) is 0.107. The molecule has 1 unspecified atom stereocenters. The van der Waals surface area contributed by atoms with E-state index in [1.165, 1.54) is 5.38 Å². The molecular formula is C8H10NO3S. The van der Waals surface area contributed by atoms with Crippen LogP contribution in [0.1, 0.15) is 30.8 Å². The Kier molecular flexibility index (Phi) is 3.25. The van der Waals surface area contributed by atoms with Crippen LogP contribution in [0.15, 0.2) is 5.38 Å². The van der Waals surface area contributed by atoms with Crippen molar-refractivity contribution in [3.8, 4) is 5.19 Å². The average Bonchev–Trinajstić information content (AvgIpc) is 2.51. The lowest BCUT2D eigenvalue weighted by Crippen LogP contribution is -2.14. The van der Waals surface area contributed by atoms with Crippen molar-refractivity contribution >= 4 is 17.3 Å². The summed E-state index contributed by atoms with van der Waals surface area (Å²) >= 11 is 0.900. The summed E-state index contributed by atoms with van der Waals surface area (Å²) in [6.07, 6.45) is 0.615. The van der Waals surface area contributed by atoms with E-state index in [0.29, 0.717) is 0 Å². The minimum atomic E-state index is -0.521. The first-order valence-corrected chi connectivity index (χ1v) is 4.85. The molecule has 0 amide bonds. The van der Waals surface area contributed by atoms with Crippen LogP contribution in [-0.2, 0) is 9.84 Å². The van der Waals surface area contributed by atoms with Crippen molar-refractivity contribution in [2.45, 2.75) is 26.4 Å². The number of nitrogens with zero attached hydrogens (tertiary/aromatic N) is 1. The van der Waals surface area contributed by atoms with Gasteiger partial charge in [0.2, 0.25) is 0 Å². The number of aromatic nitrogens is 1. The number of ether oxygens (including phenoxy) is 1. The van der Waals surface area contributed by atoms with Crippen molar-refractivity contribution in [2.75, 3.05) is 0 Å². The van der Waals surface area contributed by atoms with E-state index >= 15 is 0 Å². The second kappa shape index (κ2) is 4.23. The highest BCUT2D eigenvalue weighted by atomic mass is 32.1. The minimum absolute atomic E-state index is 0.107. The van der Waals surface area contributed by atoms with Gasteiger partial charge in [-0.25, -0.2) is 4.79 Å². The van der Waals surface area contributed by atoms with Crippen molar-refractivity contribution in [3.05, 3.63) is 11.1 Å². The van der Waals surface area contributed by atoms with E-state index in [4.69, 9.17) is 4.74 Å². The monoisotopic (exact) mass is 200 g/mol. The van der Waals surface area contributed by atoms with Crippen LogP contribution in [0.2, 0.25) is 0 Å². The summed E-state index contributed by atoms with van der Waals surface area (Å²) in [4.78, 5) is 14.7. The quantitative estimate of drug-likeness (QED) is 0.703. The Bertz CT molecular complexity index is 297. The van der Waals surface area contributed by atoms with Crippen molar-refractivity contribution in [1.29, 1.82) is 0 Å². The Morgan fingerprint density at radius 1 is 1.77 bits per heavy atom. The second-order valence-corrected chi connectivity index (χ2v) is 3.44. The molecule has 1 aromatic rings. The molecule has 1 atom stereocenters. The highest BCUT2D eigenvalue weighted by molar-refractivity contribution is 7.11. The lowest BCUT2D eigenvalue weighted by Gasteiger charge is -2.08. The fourth-order valence-corrected chi connectivity index (χ4v) is 1.19. The van der Waals surface area contributed by atoms with Gasteiger partial charge in [0.15, 0.2) is 5.69 Å². The van der Waals surface area contributed by atoms with Crippen molar-refractivity contribution < 1.29 is 14.6 Å². The van der Waals surface area contributed by atoms with Gasteiger partial charge in [0.05, 0.1) is 6.10 Å². The second-order valence-electron chi connectivity index (χ2n) is 2.62. The lowest BCUT2D eigenvalue weighted by molar-refractivity contribution is 0.0327. The number of carbonyl (C=O) groups excluding carboxylic acids is 1. The molecule has 0 fully saturated rings. The molecule has 1 aromatic heterocycles. The van der Waals surface area contributed by atoms with E-state index in [9.17, 15) is 9.90 Å². The normalized spacial score (nSPS) is 12.5. The van der Waals surface area contributed by atoms with Crippen LogP contribution < -0.4 is 0 Å². The summed E-state index contributed by atoms with van der Waals surface area (Å²) < 4.78 is 4.97. The van der Waals surface area contributed by atoms with E-state index < -0.39 is 5.97 Å². The van der Waals surface area contributed by atoms with Crippen LogP contribution in [-0.4, -0.2) is 17.1 Å². The van der Waals surface area contributed by atoms with Gasteiger partial charge in [-0.15, -0.1) is 0 Å². The number of rotatable bonds is 3. The van der Waals surface area contributed by atoms with Crippen molar-refractivity contribution in [1.82, 2.24) is 4.98 Å². The zero-order valence-electron chi connectivity index (χ0n) is 7.44. The fraction of sp³-hybridized carbons (Fsp3) is 0.500. The number of hydrogen-bond acceptors (Lipinski definition) is 4. The zero-order chi connectivity index (χ0) is 9.84. The van der Waals surface area contributed by atoms with Gasteiger partial charge in [-0.05, 0) is 13.3 Å². The SMILES string of the molecule is CCC(C)OC(=O)c1csc([O])n1. The number of carbonyl (C=O) groups is 1. The Morgan fingerprint density at radius 2 is 2.46 bits per heavy atom. The van der Waals surface area contributed by atoms with Crippen LogP contribution in [0, 0.1) is 0 Å². The standard InChI is InChI=1S/C8H10NO3S/c1-3-5(2)12-7(10)6-4-13-8(11)9-6/h4-5H,3H2,1-2H3. The number of esters is 1. The third-order valence-electron chi connectivity index (χ3n) is 1.58. The molecule has 5 heteroatoms. The van der Waals surface area contributed by atoms with Gasteiger partial charge in [-0.3, -0.25) is 5.11 Å². The molecule has 0 saturated carbocycles. The van der Waals surface area contributed by atoms with Crippen LogP contribution >= 0.6 is 11.3 Å². The van der Waals surface area contributed by atoms with Crippen molar-refractivity contribution in [2.24, 2.45) is 0 Å². The predicted molar refractivity (Wildman–Crippen MR) is 47.4 cm³/mol. The molecule has 0 aliphatic carbocycles. The summed E-state index contributed by atoms with van der Waals surface area (Å²) in [6.45, 7) is 3.71.